The Morgan fingerprint density at radius 1 is 1.11 bits per heavy atom. The van der Waals surface area contributed by atoms with Crippen molar-refractivity contribution in [2.24, 2.45) is 5.41 Å². The molecule has 4 heteroatoms. The molecule has 2 unspecified atom stereocenters. The Balaban J connectivity index is 1.60. The van der Waals surface area contributed by atoms with Gasteiger partial charge in [0.1, 0.15) is 5.75 Å². The first kappa shape index (κ1) is 29.5. The van der Waals surface area contributed by atoms with Gasteiger partial charge >= 0.3 is 5.97 Å². The average Bonchev–Trinajstić information content (AvgIpc) is 2.95. The highest BCUT2D eigenvalue weighted by Gasteiger charge is 2.36. The third-order valence-corrected chi connectivity index (χ3v) is 7.86. The smallest absolute Gasteiger partial charge is 0.330 e. The zero-order valence-electron chi connectivity index (χ0n) is 23.4. The number of carbonyl (C=O) groups is 1. The Bertz CT molecular complexity index is 1050. The molecule has 0 N–H and O–H groups in total. The van der Waals surface area contributed by atoms with Gasteiger partial charge in [0.2, 0.25) is 0 Å². The predicted octanol–water partition coefficient (Wildman–Crippen LogP) is 9.16. The molecule has 0 spiro atoms. The van der Waals surface area contributed by atoms with E-state index in [4.69, 9.17) is 9.47 Å². The number of carbonyl (C=O) groups excluding carboxylic acids is 1. The number of nitriles is 1. The zero-order valence-corrected chi connectivity index (χ0v) is 23.4. The molecule has 0 aromatic heterocycles. The van der Waals surface area contributed by atoms with Crippen molar-refractivity contribution in [2.75, 3.05) is 6.61 Å². The summed E-state index contributed by atoms with van der Waals surface area (Å²) < 4.78 is 11.3. The van der Waals surface area contributed by atoms with Crippen molar-refractivity contribution in [3.8, 4) is 22.9 Å². The van der Waals surface area contributed by atoms with E-state index in [0.717, 1.165) is 82.8 Å². The molecule has 1 aliphatic carbocycles. The third-order valence-electron chi connectivity index (χ3n) is 7.86. The van der Waals surface area contributed by atoms with Crippen molar-refractivity contribution < 1.29 is 14.3 Å². The largest absolute Gasteiger partial charge is 0.490 e. The van der Waals surface area contributed by atoms with Crippen LogP contribution in [0.1, 0.15) is 102 Å². The fourth-order valence-corrected chi connectivity index (χ4v) is 5.80. The van der Waals surface area contributed by atoms with Crippen LogP contribution in [0.25, 0.3) is 11.1 Å². The molecule has 0 bridgehead atoms. The van der Waals surface area contributed by atoms with Gasteiger partial charge in [-0.2, -0.15) is 5.26 Å². The molecule has 2 aromatic rings. The summed E-state index contributed by atoms with van der Waals surface area (Å²) in [7, 11) is 0. The van der Waals surface area contributed by atoms with Crippen molar-refractivity contribution in [2.45, 2.75) is 103 Å². The minimum atomic E-state index is -0.368. The lowest BCUT2D eigenvalue weighted by molar-refractivity contribution is -0.137. The van der Waals surface area contributed by atoms with E-state index in [-0.39, 0.29) is 11.4 Å². The number of hydrogen-bond acceptors (Lipinski definition) is 4. The Kier molecular flexibility index (Phi) is 11.9. The Morgan fingerprint density at radius 3 is 2.55 bits per heavy atom. The molecule has 0 saturated heterocycles. The SMILES string of the molecule is C=CC(=O)OCCCCCC1(C#N)CCCC(c2cccc(-c3ccc(OC(CCC)CCC)cc3)c2)C1. The van der Waals surface area contributed by atoms with Gasteiger partial charge in [-0.25, -0.2) is 4.79 Å². The summed E-state index contributed by atoms with van der Waals surface area (Å²) in [5.41, 5.74) is 3.49. The van der Waals surface area contributed by atoms with E-state index < -0.39 is 0 Å². The summed E-state index contributed by atoms with van der Waals surface area (Å²) in [5.74, 6) is 0.984. The number of rotatable bonds is 15. The highest BCUT2D eigenvalue weighted by Crippen LogP contribution is 2.47. The van der Waals surface area contributed by atoms with E-state index in [2.05, 4.69) is 75.0 Å². The molecule has 204 valence electrons. The minimum Gasteiger partial charge on any atom is -0.490 e. The first-order chi connectivity index (χ1) is 18.5. The van der Waals surface area contributed by atoms with Crippen molar-refractivity contribution >= 4 is 5.97 Å². The quantitative estimate of drug-likeness (QED) is 0.135. The van der Waals surface area contributed by atoms with Gasteiger partial charge in [-0.3, -0.25) is 0 Å². The first-order valence-corrected chi connectivity index (χ1v) is 14.6. The summed E-state index contributed by atoms with van der Waals surface area (Å²) in [6, 6.07) is 20.1. The average molecular weight is 516 g/mol. The molecule has 1 fully saturated rings. The lowest BCUT2D eigenvalue weighted by Crippen LogP contribution is -2.26. The summed E-state index contributed by atoms with van der Waals surface area (Å²) in [6.45, 7) is 8.26. The molecule has 0 radical (unpaired) electrons. The van der Waals surface area contributed by atoms with Crippen LogP contribution in [0.4, 0.5) is 0 Å². The van der Waals surface area contributed by atoms with Gasteiger partial charge in [-0.1, -0.05) is 88.9 Å². The van der Waals surface area contributed by atoms with E-state index in [1.54, 1.807) is 0 Å². The predicted molar refractivity (Wildman–Crippen MR) is 155 cm³/mol. The van der Waals surface area contributed by atoms with Crippen molar-refractivity contribution in [1.29, 1.82) is 5.26 Å². The molecule has 4 nitrogen and oxygen atoms in total. The molecule has 3 rings (SSSR count). The van der Waals surface area contributed by atoms with E-state index >= 15 is 0 Å². The normalized spacial score (nSPS) is 19.1. The van der Waals surface area contributed by atoms with Gasteiger partial charge in [-0.15, -0.1) is 0 Å². The molecule has 0 amide bonds. The molecule has 2 atom stereocenters. The van der Waals surface area contributed by atoms with Crippen LogP contribution in [-0.2, 0) is 9.53 Å². The maximum Gasteiger partial charge on any atom is 0.330 e. The number of hydrogen-bond donors (Lipinski definition) is 0. The standard InChI is InChI=1S/C34H45NO3/c1-4-12-31(13-5-2)38-32-19-17-27(18-20-32)28-14-10-15-29(24-28)30-16-11-22-34(25-30,26-35)21-8-7-9-23-37-33(36)6-3/h6,10,14-15,17-20,24,30-31H,3-5,7-9,11-13,16,21-23,25H2,1-2H3. The Labute approximate surface area is 230 Å². The molecule has 0 aliphatic heterocycles. The number of benzene rings is 2. The summed E-state index contributed by atoms with van der Waals surface area (Å²) in [6.07, 6.45) is 13.7. The number of esters is 1. The van der Waals surface area contributed by atoms with Crippen LogP contribution < -0.4 is 4.74 Å². The van der Waals surface area contributed by atoms with Crippen LogP contribution in [0.5, 0.6) is 5.75 Å². The lowest BCUT2D eigenvalue weighted by Gasteiger charge is -2.36. The summed E-state index contributed by atoms with van der Waals surface area (Å²) >= 11 is 0. The van der Waals surface area contributed by atoms with E-state index in [0.29, 0.717) is 18.6 Å². The second kappa shape index (κ2) is 15.4. The number of unbranched alkanes of at least 4 members (excludes halogenated alkanes) is 2. The van der Waals surface area contributed by atoms with E-state index in [1.165, 1.54) is 22.8 Å². The molecule has 2 aromatic carbocycles. The maximum atomic E-state index is 11.2. The van der Waals surface area contributed by atoms with Crippen molar-refractivity contribution in [1.82, 2.24) is 0 Å². The third kappa shape index (κ3) is 8.76. The molecule has 38 heavy (non-hydrogen) atoms. The summed E-state index contributed by atoms with van der Waals surface area (Å²) in [5, 5.41) is 10.2. The molecular weight excluding hydrogens is 470 g/mol. The van der Waals surface area contributed by atoms with Gasteiger partial charge in [0, 0.05) is 6.08 Å². The van der Waals surface area contributed by atoms with Crippen LogP contribution in [-0.4, -0.2) is 18.7 Å². The molecule has 1 saturated carbocycles. The van der Waals surface area contributed by atoms with Crippen LogP contribution >= 0.6 is 0 Å². The summed E-state index contributed by atoms with van der Waals surface area (Å²) in [4.78, 5) is 11.2. The van der Waals surface area contributed by atoms with Gasteiger partial charge in [0.25, 0.3) is 0 Å². The number of nitrogens with zero attached hydrogens (tertiary/aromatic N) is 1. The van der Waals surface area contributed by atoms with Crippen molar-refractivity contribution in [3.05, 3.63) is 66.7 Å². The van der Waals surface area contributed by atoms with Crippen LogP contribution in [0.3, 0.4) is 0 Å². The van der Waals surface area contributed by atoms with Gasteiger partial charge in [-0.05, 0) is 79.7 Å². The van der Waals surface area contributed by atoms with Crippen LogP contribution in [0.2, 0.25) is 0 Å². The van der Waals surface area contributed by atoms with E-state index in [9.17, 15) is 10.1 Å². The Hall–Kier alpha value is -3.06. The topological polar surface area (TPSA) is 59.3 Å². The maximum absolute atomic E-state index is 11.2. The van der Waals surface area contributed by atoms with Crippen LogP contribution in [0, 0.1) is 16.7 Å². The molecule has 0 heterocycles. The van der Waals surface area contributed by atoms with Crippen LogP contribution in [0.15, 0.2) is 61.2 Å². The first-order valence-electron chi connectivity index (χ1n) is 14.6. The molecular formula is C34H45NO3. The van der Waals surface area contributed by atoms with E-state index in [1.807, 2.05) is 0 Å². The Morgan fingerprint density at radius 2 is 1.87 bits per heavy atom. The van der Waals surface area contributed by atoms with Gasteiger partial charge in [0.05, 0.1) is 24.2 Å². The fourth-order valence-electron chi connectivity index (χ4n) is 5.80. The molecule has 1 aliphatic rings. The van der Waals surface area contributed by atoms with Gasteiger partial charge < -0.3 is 9.47 Å². The second-order valence-electron chi connectivity index (χ2n) is 10.8. The minimum absolute atomic E-state index is 0.261. The lowest BCUT2D eigenvalue weighted by atomic mass is 9.66. The fraction of sp³-hybridized carbons (Fsp3) is 0.529. The van der Waals surface area contributed by atoms with Gasteiger partial charge in [0.15, 0.2) is 0 Å². The highest BCUT2D eigenvalue weighted by atomic mass is 16.5. The highest BCUT2D eigenvalue weighted by molar-refractivity contribution is 5.81. The van der Waals surface area contributed by atoms with Crippen molar-refractivity contribution in [3.63, 3.8) is 0 Å². The zero-order chi connectivity index (χ0) is 27.2. The second-order valence-corrected chi connectivity index (χ2v) is 10.8. The monoisotopic (exact) mass is 515 g/mol. The number of ether oxygens (including phenoxy) is 2.